The highest BCUT2D eigenvalue weighted by Gasteiger charge is 2.50. The fraction of sp³-hybridized carbons (Fsp3) is 0.304. The van der Waals surface area contributed by atoms with Crippen LogP contribution in [0.2, 0.25) is 0 Å². The lowest BCUT2D eigenvalue weighted by Gasteiger charge is -2.23. The number of carbonyl (C=O) groups is 3. The van der Waals surface area contributed by atoms with E-state index in [9.17, 15) is 27.6 Å². The van der Waals surface area contributed by atoms with Crippen LogP contribution in [0.25, 0.3) is 0 Å². The van der Waals surface area contributed by atoms with Gasteiger partial charge in [-0.15, -0.1) is 0 Å². The van der Waals surface area contributed by atoms with Crippen molar-refractivity contribution in [3.63, 3.8) is 0 Å². The van der Waals surface area contributed by atoms with Crippen LogP contribution in [0.15, 0.2) is 42.5 Å². The number of hydrogen-bond acceptors (Lipinski definition) is 6. The van der Waals surface area contributed by atoms with Gasteiger partial charge >= 0.3 is 18.4 Å². The number of anilines is 1. The maximum absolute atomic E-state index is 13.3. The molecule has 2 aromatic carbocycles. The number of hydrogen-bond donors (Lipinski definition) is 1. The summed E-state index contributed by atoms with van der Waals surface area (Å²) in [6, 6.07) is 8.72. The molecule has 0 saturated carbocycles. The molecule has 1 aliphatic heterocycles. The van der Waals surface area contributed by atoms with Crippen molar-refractivity contribution in [3.8, 4) is 11.8 Å². The zero-order chi connectivity index (χ0) is 25.5. The van der Waals surface area contributed by atoms with Crippen LogP contribution in [0.3, 0.4) is 0 Å². The van der Waals surface area contributed by atoms with Crippen molar-refractivity contribution in [1.29, 1.82) is 5.26 Å². The highest BCUT2D eigenvalue weighted by atomic mass is 19.4. The molecule has 1 N–H and O–H groups in total. The molecule has 1 saturated heterocycles. The maximum Gasteiger partial charge on any atom is 0.514 e. The summed E-state index contributed by atoms with van der Waals surface area (Å²) >= 11 is 0. The Morgan fingerprint density at radius 3 is 2.24 bits per heavy atom. The molecule has 11 heteroatoms. The quantitative estimate of drug-likeness (QED) is 0.386. The van der Waals surface area contributed by atoms with E-state index < -0.39 is 46.5 Å². The molecule has 0 aromatic heterocycles. The van der Waals surface area contributed by atoms with Gasteiger partial charge in [0.25, 0.3) is 5.91 Å². The molecule has 1 heterocycles. The first-order valence-electron chi connectivity index (χ1n) is 9.95. The first-order chi connectivity index (χ1) is 15.7. The minimum atomic E-state index is -4.85. The Balaban J connectivity index is 1.88. The Kier molecular flexibility index (Phi) is 6.05. The Morgan fingerprint density at radius 1 is 1.09 bits per heavy atom. The number of alkyl halides is 3. The fourth-order valence-corrected chi connectivity index (χ4v) is 3.30. The number of nitriles is 1. The molecule has 1 aliphatic rings. The summed E-state index contributed by atoms with van der Waals surface area (Å²) in [6.07, 6.45) is -5.78. The number of halogens is 3. The molecule has 178 valence electrons. The molecular weight excluding hydrogens is 455 g/mol. The van der Waals surface area contributed by atoms with Crippen LogP contribution in [0.4, 0.5) is 28.4 Å². The van der Waals surface area contributed by atoms with Crippen molar-refractivity contribution in [2.45, 2.75) is 45.0 Å². The van der Waals surface area contributed by atoms with Gasteiger partial charge in [-0.25, -0.2) is 14.5 Å². The maximum atomic E-state index is 13.3. The average molecular weight is 475 g/mol. The summed E-state index contributed by atoms with van der Waals surface area (Å²) in [7, 11) is 0. The first kappa shape index (κ1) is 24.6. The molecule has 0 aliphatic carbocycles. The smallest absolute Gasteiger partial charge is 0.428 e. The van der Waals surface area contributed by atoms with E-state index in [-0.39, 0.29) is 11.4 Å². The molecule has 0 bridgehead atoms. The number of urea groups is 1. The minimum absolute atomic E-state index is 0.122. The van der Waals surface area contributed by atoms with Gasteiger partial charge in [0.2, 0.25) is 0 Å². The predicted octanol–water partition coefficient (Wildman–Crippen LogP) is 4.86. The molecule has 3 rings (SSSR count). The topological polar surface area (TPSA) is 109 Å². The number of carbonyl (C=O) groups excluding carboxylic acids is 3. The normalized spacial score (nSPS) is 18.4. The molecule has 1 atom stereocenters. The van der Waals surface area contributed by atoms with Gasteiger partial charge in [0.15, 0.2) is 0 Å². The van der Waals surface area contributed by atoms with E-state index in [1.807, 2.05) is 0 Å². The molecule has 3 amide bonds. The Bertz CT molecular complexity index is 1200. The van der Waals surface area contributed by atoms with Crippen LogP contribution in [0.5, 0.6) is 5.75 Å². The second-order valence-corrected chi connectivity index (χ2v) is 8.63. The predicted molar refractivity (Wildman–Crippen MR) is 113 cm³/mol. The van der Waals surface area contributed by atoms with Crippen LogP contribution in [0.1, 0.15) is 44.4 Å². The fourth-order valence-electron chi connectivity index (χ4n) is 3.30. The van der Waals surface area contributed by atoms with Crippen molar-refractivity contribution in [1.82, 2.24) is 5.32 Å². The lowest BCUT2D eigenvalue weighted by Crippen LogP contribution is -2.40. The monoisotopic (exact) mass is 475 g/mol. The summed E-state index contributed by atoms with van der Waals surface area (Å²) in [4.78, 5) is 38.2. The van der Waals surface area contributed by atoms with E-state index in [0.29, 0.717) is 16.5 Å². The van der Waals surface area contributed by atoms with Gasteiger partial charge in [-0.05, 0) is 63.6 Å². The van der Waals surface area contributed by atoms with Crippen molar-refractivity contribution >= 4 is 23.8 Å². The molecule has 8 nitrogen and oxygen atoms in total. The van der Waals surface area contributed by atoms with Crippen LogP contribution < -0.4 is 15.0 Å². The van der Waals surface area contributed by atoms with Crippen LogP contribution in [-0.4, -0.2) is 23.7 Å². The number of imide groups is 1. The lowest BCUT2D eigenvalue weighted by atomic mass is 9.92. The largest absolute Gasteiger partial charge is 0.514 e. The second-order valence-electron chi connectivity index (χ2n) is 8.63. The third kappa shape index (κ3) is 4.80. The van der Waals surface area contributed by atoms with Gasteiger partial charge in [0, 0.05) is 0 Å². The van der Waals surface area contributed by atoms with Gasteiger partial charge in [0.05, 0.1) is 22.9 Å². The SMILES string of the molecule is CC(C)(C)OC(=O)Oc1ccc(C2(C)NC(=O)N(c3ccc(C#N)c(C(F)(F)F)c3)C2=O)cc1. The van der Waals surface area contributed by atoms with Crippen LogP contribution >= 0.6 is 0 Å². The van der Waals surface area contributed by atoms with Crippen molar-refractivity contribution < 1.29 is 37.0 Å². The van der Waals surface area contributed by atoms with Gasteiger partial charge in [0.1, 0.15) is 16.9 Å². The standard InChI is InChI=1S/C23H20F3N3O5/c1-21(2,3)34-20(32)33-16-9-6-14(7-10-16)22(4)18(30)29(19(31)28-22)15-8-5-13(12-27)17(11-15)23(24,25)26/h5-11H,1-4H3,(H,28,31). The summed E-state index contributed by atoms with van der Waals surface area (Å²) < 4.78 is 50.1. The van der Waals surface area contributed by atoms with Crippen molar-refractivity contribution in [2.75, 3.05) is 4.90 Å². The van der Waals surface area contributed by atoms with Gasteiger partial charge in [-0.1, -0.05) is 12.1 Å². The van der Waals surface area contributed by atoms with Crippen LogP contribution in [0, 0.1) is 11.3 Å². The van der Waals surface area contributed by atoms with E-state index in [2.05, 4.69) is 5.32 Å². The average Bonchev–Trinajstić information content (AvgIpc) is 2.95. The van der Waals surface area contributed by atoms with E-state index in [0.717, 1.165) is 12.1 Å². The highest BCUT2D eigenvalue weighted by molar-refractivity contribution is 6.23. The zero-order valence-electron chi connectivity index (χ0n) is 18.6. The number of rotatable bonds is 3. The van der Waals surface area contributed by atoms with Crippen molar-refractivity contribution in [3.05, 3.63) is 59.2 Å². The Labute approximate surface area is 192 Å². The zero-order valence-corrected chi connectivity index (χ0v) is 18.6. The third-order valence-electron chi connectivity index (χ3n) is 4.90. The number of amides is 3. The molecule has 1 unspecified atom stereocenters. The summed E-state index contributed by atoms with van der Waals surface area (Å²) in [6.45, 7) is 6.41. The number of nitrogens with zero attached hydrogens (tertiary/aromatic N) is 2. The molecule has 2 aromatic rings. The van der Waals surface area contributed by atoms with E-state index in [1.165, 1.54) is 37.3 Å². The van der Waals surface area contributed by atoms with Gasteiger partial charge in [-0.2, -0.15) is 18.4 Å². The van der Waals surface area contributed by atoms with Gasteiger partial charge < -0.3 is 14.8 Å². The number of benzene rings is 2. The Morgan fingerprint density at radius 2 is 1.71 bits per heavy atom. The summed E-state index contributed by atoms with van der Waals surface area (Å²) in [5, 5.41) is 11.4. The molecular formula is C23H20F3N3O5. The molecule has 0 radical (unpaired) electrons. The van der Waals surface area contributed by atoms with Crippen LogP contribution in [-0.2, 0) is 21.2 Å². The molecule has 0 spiro atoms. The summed E-state index contributed by atoms with van der Waals surface area (Å²) in [5.74, 6) is -0.701. The second kappa shape index (κ2) is 8.37. The van der Waals surface area contributed by atoms with Gasteiger partial charge in [-0.3, -0.25) is 4.79 Å². The first-order valence-corrected chi connectivity index (χ1v) is 9.95. The number of ether oxygens (including phenoxy) is 2. The molecule has 1 fully saturated rings. The highest BCUT2D eigenvalue weighted by Crippen LogP contribution is 2.37. The Hall–Kier alpha value is -4.07. The summed E-state index contributed by atoms with van der Waals surface area (Å²) in [5.41, 5.74) is -4.28. The van der Waals surface area contributed by atoms with E-state index >= 15 is 0 Å². The van der Waals surface area contributed by atoms with E-state index in [4.69, 9.17) is 14.7 Å². The molecule has 34 heavy (non-hydrogen) atoms. The number of nitrogens with one attached hydrogen (secondary N) is 1. The minimum Gasteiger partial charge on any atom is -0.428 e. The third-order valence-corrected chi connectivity index (χ3v) is 4.90. The van der Waals surface area contributed by atoms with Crippen molar-refractivity contribution in [2.24, 2.45) is 0 Å². The van der Waals surface area contributed by atoms with E-state index in [1.54, 1.807) is 20.8 Å². The lowest BCUT2D eigenvalue weighted by molar-refractivity contribution is -0.137.